The number of nitrogens with zero attached hydrogens (tertiary/aromatic N) is 2. The van der Waals surface area contributed by atoms with Gasteiger partial charge in [0.2, 0.25) is 0 Å². The van der Waals surface area contributed by atoms with Gasteiger partial charge in [-0.15, -0.1) is 6.58 Å². The Bertz CT molecular complexity index is 689. The molecule has 0 spiro atoms. The van der Waals surface area contributed by atoms with Crippen LogP contribution in [0.25, 0.3) is 0 Å². The molecular weight excluding hydrogens is 268 g/mol. The average Bonchev–Trinajstić information content (AvgIpc) is 2.89. The summed E-state index contributed by atoms with van der Waals surface area (Å²) >= 11 is 0. The normalized spacial score (nSPS) is 10.7. The smallest absolute Gasteiger partial charge is 0.291 e. The molecule has 1 heterocycles. The average molecular weight is 284 g/mol. The molecule has 0 saturated carbocycles. The molecule has 21 heavy (non-hydrogen) atoms. The number of aryl methyl sites for hydroxylation is 1. The first-order chi connectivity index (χ1) is 10.1. The van der Waals surface area contributed by atoms with Gasteiger partial charge >= 0.3 is 0 Å². The number of amides is 1. The van der Waals surface area contributed by atoms with Crippen LogP contribution in [0.2, 0.25) is 0 Å². The minimum absolute atomic E-state index is 0.131. The number of para-hydroxylation sites is 1. The number of carbonyl (C=O) groups excluding carboxylic acids is 1. The van der Waals surface area contributed by atoms with Gasteiger partial charge in [-0.2, -0.15) is 10.2 Å². The number of allylic oxidation sites excluding steroid dienone is 1. The largest absolute Gasteiger partial charge is 0.507 e. The number of aromatic nitrogens is 2. The number of H-pyrrole nitrogens is 1. The van der Waals surface area contributed by atoms with Gasteiger partial charge in [-0.3, -0.25) is 9.89 Å². The molecule has 6 heteroatoms. The quantitative estimate of drug-likeness (QED) is 0.445. The molecule has 1 aromatic heterocycles. The summed E-state index contributed by atoms with van der Waals surface area (Å²) in [5.74, 6) is -0.289. The minimum atomic E-state index is -0.419. The van der Waals surface area contributed by atoms with Crippen molar-refractivity contribution in [3.05, 3.63) is 59.4 Å². The molecule has 1 amide bonds. The second-order valence-corrected chi connectivity index (χ2v) is 4.48. The van der Waals surface area contributed by atoms with Crippen LogP contribution in [0.15, 0.2) is 42.0 Å². The summed E-state index contributed by atoms with van der Waals surface area (Å²) in [6.07, 6.45) is 3.66. The van der Waals surface area contributed by atoms with Crippen molar-refractivity contribution in [2.24, 2.45) is 5.10 Å². The number of benzene rings is 1. The molecule has 3 N–H and O–H groups in total. The third-order valence-corrected chi connectivity index (χ3v) is 2.82. The maximum Gasteiger partial charge on any atom is 0.291 e. The van der Waals surface area contributed by atoms with Gasteiger partial charge in [-0.05, 0) is 31.0 Å². The first kappa shape index (κ1) is 14.5. The van der Waals surface area contributed by atoms with Crippen LogP contribution in [0.4, 0.5) is 0 Å². The molecular formula is C15H16N4O2. The van der Waals surface area contributed by atoms with Crippen LogP contribution in [-0.2, 0) is 6.42 Å². The summed E-state index contributed by atoms with van der Waals surface area (Å²) in [4.78, 5) is 11.7. The molecule has 0 fully saturated rings. The molecule has 0 radical (unpaired) electrons. The number of carbonyl (C=O) groups is 1. The summed E-state index contributed by atoms with van der Waals surface area (Å²) in [7, 11) is 0. The lowest BCUT2D eigenvalue weighted by atomic mass is 10.1. The molecule has 2 aromatic rings. The molecule has 108 valence electrons. The topological polar surface area (TPSA) is 90.4 Å². The van der Waals surface area contributed by atoms with Gasteiger partial charge in [0, 0.05) is 11.3 Å². The lowest BCUT2D eigenvalue weighted by Crippen LogP contribution is -2.18. The zero-order valence-electron chi connectivity index (χ0n) is 11.6. The predicted octanol–water partition coefficient (Wildman–Crippen LogP) is 1.92. The van der Waals surface area contributed by atoms with Crippen molar-refractivity contribution >= 4 is 12.1 Å². The van der Waals surface area contributed by atoms with Crippen LogP contribution >= 0.6 is 0 Å². The van der Waals surface area contributed by atoms with Crippen molar-refractivity contribution in [1.82, 2.24) is 15.6 Å². The third-order valence-electron chi connectivity index (χ3n) is 2.82. The van der Waals surface area contributed by atoms with E-state index in [0.717, 1.165) is 11.3 Å². The van der Waals surface area contributed by atoms with E-state index in [1.54, 1.807) is 37.3 Å². The van der Waals surface area contributed by atoms with E-state index in [9.17, 15) is 9.90 Å². The van der Waals surface area contributed by atoms with Crippen molar-refractivity contribution in [3.63, 3.8) is 0 Å². The molecule has 0 aliphatic carbocycles. The summed E-state index contributed by atoms with van der Waals surface area (Å²) in [6, 6.07) is 6.93. The first-order valence-corrected chi connectivity index (χ1v) is 6.39. The summed E-state index contributed by atoms with van der Waals surface area (Å²) in [5.41, 5.74) is 4.68. The number of phenolic OH excluding ortho intramolecular Hbond substituents is 1. The summed E-state index contributed by atoms with van der Waals surface area (Å²) in [6.45, 7) is 5.44. The lowest BCUT2D eigenvalue weighted by Gasteiger charge is -2.04. The van der Waals surface area contributed by atoms with Gasteiger partial charge in [-0.25, -0.2) is 5.43 Å². The Labute approximate surface area is 122 Å². The first-order valence-electron chi connectivity index (χ1n) is 6.39. The van der Waals surface area contributed by atoms with E-state index in [1.807, 2.05) is 0 Å². The van der Waals surface area contributed by atoms with Crippen LogP contribution in [0.5, 0.6) is 5.75 Å². The standard InChI is InChI=1S/C15H16N4O2/c1-3-5-11-6-4-7-12(14(11)20)9-16-19-15(21)13-8-10(2)17-18-13/h3-4,6-9,20H,1,5H2,2H3,(H,17,18)(H,19,21)/b16-9+. The fourth-order valence-electron chi connectivity index (χ4n) is 1.79. The van der Waals surface area contributed by atoms with E-state index >= 15 is 0 Å². The van der Waals surface area contributed by atoms with Gasteiger partial charge in [0.25, 0.3) is 5.91 Å². The Hall–Kier alpha value is -2.89. The fraction of sp³-hybridized carbons (Fsp3) is 0.133. The monoisotopic (exact) mass is 284 g/mol. The van der Waals surface area contributed by atoms with Crippen molar-refractivity contribution in [1.29, 1.82) is 0 Å². The molecule has 0 saturated heterocycles. The minimum Gasteiger partial charge on any atom is -0.507 e. The molecule has 0 unspecified atom stereocenters. The summed E-state index contributed by atoms with van der Waals surface area (Å²) < 4.78 is 0. The number of aromatic amines is 1. The number of hydrogen-bond acceptors (Lipinski definition) is 4. The SMILES string of the molecule is C=CCc1cccc(/C=N/NC(=O)c2cc(C)[nH]n2)c1O. The van der Waals surface area contributed by atoms with E-state index in [-0.39, 0.29) is 11.4 Å². The van der Waals surface area contributed by atoms with Gasteiger partial charge in [0.1, 0.15) is 5.75 Å². The van der Waals surface area contributed by atoms with E-state index in [4.69, 9.17) is 0 Å². The maximum atomic E-state index is 11.7. The maximum absolute atomic E-state index is 11.7. The number of nitrogens with one attached hydrogen (secondary N) is 2. The predicted molar refractivity (Wildman–Crippen MR) is 80.4 cm³/mol. The molecule has 0 aliphatic rings. The second kappa shape index (κ2) is 6.51. The Balaban J connectivity index is 2.06. The van der Waals surface area contributed by atoms with Crippen molar-refractivity contribution in [2.75, 3.05) is 0 Å². The zero-order chi connectivity index (χ0) is 15.2. The van der Waals surface area contributed by atoms with E-state index in [2.05, 4.69) is 27.3 Å². The van der Waals surface area contributed by atoms with Gasteiger partial charge in [0.15, 0.2) is 5.69 Å². The van der Waals surface area contributed by atoms with Crippen LogP contribution in [0.1, 0.15) is 27.3 Å². The molecule has 0 aliphatic heterocycles. The number of aromatic hydroxyl groups is 1. The molecule has 1 aromatic carbocycles. The van der Waals surface area contributed by atoms with E-state index in [1.165, 1.54) is 6.21 Å². The van der Waals surface area contributed by atoms with Crippen molar-refractivity contribution in [3.8, 4) is 5.75 Å². The fourth-order valence-corrected chi connectivity index (χ4v) is 1.79. The Kier molecular flexibility index (Phi) is 4.50. The highest BCUT2D eigenvalue weighted by Gasteiger charge is 2.08. The van der Waals surface area contributed by atoms with Crippen LogP contribution in [-0.4, -0.2) is 27.4 Å². The van der Waals surface area contributed by atoms with Crippen LogP contribution < -0.4 is 5.43 Å². The summed E-state index contributed by atoms with van der Waals surface area (Å²) in [5, 5.41) is 20.4. The van der Waals surface area contributed by atoms with Crippen LogP contribution in [0.3, 0.4) is 0 Å². The molecule has 0 bridgehead atoms. The number of hydrogen-bond donors (Lipinski definition) is 3. The highest BCUT2D eigenvalue weighted by molar-refractivity contribution is 5.93. The van der Waals surface area contributed by atoms with Crippen LogP contribution in [0, 0.1) is 6.92 Å². The zero-order valence-corrected chi connectivity index (χ0v) is 11.6. The van der Waals surface area contributed by atoms with Gasteiger partial charge in [-0.1, -0.05) is 18.2 Å². The Morgan fingerprint density at radius 2 is 2.38 bits per heavy atom. The number of phenols is 1. The van der Waals surface area contributed by atoms with Gasteiger partial charge < -0.3 is 5.11 Å². The number of hydrazone groups is 1. The highest BCUT2D eigenvalue weighted by atomic mass is 16.3. The van der Waals surface area contributed by atoms with E-state index < -0.39 is 5.91 Å². The highest BCUT2D eigenvalue weighted by Crippen LogP contribution is 2.21. The lowest BCUT2D eigenvalue weighted by molar-refractivity contribution is 0.0950. The third kappa shape index (κ3) is 3.56. The molecule has 6 nitrogen and oxygen atoms in total. The molecule has 0 atom stereocenters. The number of rotatable bonds is 5. The molecule has 2 rings (SSSR count). The van der Waals surface area contributed by atoms with Crippen molar-refractivity contribution < 1.29 is 9.90 Å². The van der Waals surface area contributed by atoms with Gasteiger partial charge in [0.05, 0.1) is 6.21 Å². The van der Waals surface area contributed by atoms with E-state index in [0.29, 0.717) is 12.0 Å². The second-order valence-electron chi connectivity index (χ2n) is 4.48. The van der Waals surface area contributed by atoms with Crippen molar-refractivity contribution in [2.45, 2.75) is 13.3 Å². The Morgan fingerprint density at radius 1 is 1.57 bits per heavy atom. The Morgan fingerprint density at radius 3 is 3.05 bits per heavy atom.